The number of nitro benzene ring substituents is 1. The van der Waals surface area contributed by atoms with Crippen LogP contribution in [-0.4, -0.2) is 14.9 Å². The first kappa shape index (κ1) is 13.6. The van der Waals surface area contributed by atoms with Gasteiger partial charge in [-0.3, -0.25) is 10.1 Å². The van der Waals surface area contributed by atoms with E-state index in [0.29, 0.717) is 4.90 Å². The lowest BCUT2D eigenvalue weighted by atomic mass is 10.2. The van der Waals surface area contributed by atoms with Crippen LogP contribution < -0.4 is 11.5 Å². The molecule has 0 saturated carbocycles. The van der Waals surface area contributed by atoms with Gasteiger partial charge in [-0.2, -0.15) is 5.26 Å². The molecule has 1 heterocycles. The summed E-state index contributed by atoms with van der Waals surface area (Å²) >= 11 is 1.07. The predicted molar refractivity (Wildman–Crippen MR) is 72.8 cm³/mol. The van der Waals surface area contributed by atoms with Gasteiger partial charge in [0.05, 0.1) is 4.92 Å². The van der Waals surface area contributed by atoms with E-state index >= 15 is 0 Å². The minimum Gasteiger partial charge on any atom is -0.383 e. The Morgan fingerprint density at radius 2 is 1.90 bits per heavy atom. The highest BCUT2D eigenvalue weighted by Crippen LogP contribution is 2.30. The minimum atomic E-state index is -0.614. The summed E-state index contributed by atoms with van der Waals surface area (Å²) in [6.07, 6.45) is 0. The fourth-order valence-corrected chi connectivity index (χ4v) is 2.25. The molecule has 8 nitrogen and oxygen atoms in total. The Morgan fingerprint density at radius 1 is 1.25 bits per heavy atom. The van der Waals surface area contributed by atoms with Crippen LogP contribution >= 0.6 is 11.8 Å². The van der Waals surface area contributed by atoms with E-state index in [0.717, 1.165) is 11.8 Å². The SMILES string of the molecule is N#Cc1ccc(Sc2nc(N)cc(N)n2)cc1[N+](=O)[O-]. The highest BCUT2D eigenvalue weighted by atomic mass is 32.2. The smallest absolute Gasteiger partial charge is 0.288 e. The van der Waals surface area contributed by atoms with Gasteiger partial charge in [0.25, 0.3) is 5.69 Å². The number of benzene rings is 1. The number of nitriles is 1. The van der Waals surface area contributed by atoms with Crippen LogP contribution in [0.5, 0.6) is 0 Å². The van der Waals surface area contributed by atoms with Gasteiger partial charge in [0.2, 0.25) is 0 Å². The van der Waals surface area contributed by atoms with Crippen molar-refractivity contribution in [2.75, 3.05) is 11.5 Å². The van der Waals surface area contributed by atoms with Crippen molar-refractivity contribution in [3.63, 3.8) is 0 Å². The Bertz CT molecular complexity index is 707. The molecule has 0 fully saturated rings. The second-order valence-electron chi connectivity index (χ2n) is 3.65. The zero-order chi connectivity index (χ0) is 14.7. The molecule has 2 aromatic rings. The standard InChI is InChI=1S/C11H8N6O2S/c12-5-6-1-2-7(3-8(6)17(18)19)20-11-15-9(13)4-10(14)16-11/h1-4H,(H4,13,14,15,16). The molecule has 0 spiro atoms. The van der Waals surface area contributed by atoms with E-state index < -0.39 is 4.92 Å². The molecule has 0 amide bonds. The van der Waals surface area contributed by atoms with Crippen LogP contribution in [0.1, 0.15) is 5.56 Å². The number of nitrogens with two attached hydrogens (primary N) is 2. The number of rotatable bonds is 3. The van der Waals surface area contributed by atoms with Crippen LogP contribution in [-0.2, 0) is 0 Å². The Kier molecular flexibility index (Phi) is 3.67. The molecule has 1 aromatic heterocycles. The molecule has 0 bridgehead atoms. The summed E-state index contributed by atoms with van der Waals surface area (Å²) in [5, 5.41) is 19.9. The molecule has 0 aliphatic rings. The molecule has 4 N–H and O–H groups in total. The van der Waals surface area contributed by atoms with Crippen molar-refractivity contribution < 1.29 is 4.92 Å². The van der Waals surface area contributed by atoms with E-state index in [-0.39, 0.29) is 28.0 Å². The number of nitro groups is 1. The largest absolute Gasteiger partial charge is 0.383 e. The summed E-state index contributed by atoms with van der Waals surface area (Å²) in [6.45, 7) is 0. The molecular weight excluding hydrogens is 280 g/mol. The van der Waals surface area contributed by atoms with Gasteiger partial charge in [0.15, 0.2) is 5.16 Å². The van der Waals surface area contributed by atoms with Crippen LogP contribution in [0.15, 0.2) is 34.3 Å². The molecule has 0 saturated heterocycles. The molecule has 1 aromatic carbocycles. The van der Waals surface area contributed by atoms with E-state index in [1.54, 1.807) is 12.1 Å². The second kappa shape index (κ2) is 5.41. The second-order valence-corrected chi connectivity index (χ2v) is 4.69. The minimum absolute atomic E-state index is 0.00708. The first-order chi connectivity index (χ1) is 9.49. The fraction of sp³-hybridized carbons (Fsp3) is 0. The third-order valence-corrected chi connectivity index (χ3v) is 3.10. The van der Waals surface area contributed by atoms with E-state index in [2.05, 4.69) is 9.97 Å². The molecule has 100 valence electrons. The Balaban J connectivity index is 2.37. The molecule has 0 radical (unpaired) electrons. The van der Waals surface area contributed by atoms with Gasteiger partial charge >= 0.3 is 0 Å². The normalized spacial score (nSPS) is 9.95. The molecule has 0 aliphatic carbocycles. The topological polar surface area (TPSA) is 145 Å². The number of nitrogens with zero attached hydrogens (tertiary/aromatic N) is 4. The van der Waals surface area contributed by atoms with Gasteiger partial charge in [-0.25, -0.2) is 9.97 Å². The van der Waals surface area contributed by atoms with E-state index in [1.807, 2.05) is 0 Å². The zero-order valence-corrected chi connectivity index (χ0v) is 10.8. The summed E-state index contributed by atoms with van der Waals surface area (Å²) in [5.74, 6) is 0.422. The van der Waals surface area contributed by atoms with Gasteiger partial charge in [0.1, 0.15) is 23.3 Å². The van der Waals surface area contributed by atoms with Crippen molar-refractivity contribution in [2.24, 2.45) is 0 Å². The van der Waals surface area contributed by atoms with Crippen molar-refractivity contribution in [1.82, 2.24) is 9.97 Å². The number of hydrogen-bond donors (Lipinski definition) is 2. The predicted octanol–water partition coefficient (Wildman–Crippen LogP) is 1.57. The van der Waals surface area contributed by atoms with Crippen molar-refractivity contribution in [3.05, 3.63) is 39.9 Å². The van der Waals surface area contributed by atoms with Gasteiger partial charge < -0.3 is 11.5 Å². The Hall–Kier alpha value is -2.86. The highest BCUT2D eigenvalue weighted by molar-refractivity contribution is 7.99. The van der Waals surface area contributed by atoms with Crippen molar-refractivity contribution in [3.8, 4) is 6.07 Å². The number of hydrogen-bond acceptors (Lipinski definition) is 8. The van der Waals surface area contributed by atoms with E-state index in [9.17, 15) is 10.1 Å². The molecule has 0 unspecified atom stereocenters. The Labute approximate surface area is 117 Å². The lowest BCUT2D eigenvalue weighted by molar-refractivity contribution is -0.385. The third kappa shape index (κ3) is 2.93. The van der Waals surface area contributed by atoms with Gasteiger partial charge in [-0.1, -0.05) is 0 Å². The summed E-state index contributed by atoms with van der Waals surface area (Å²) in [7, 11) is 0. The average molecular weight is 288 g/mol. The molecular formula is C11H8N6O2S. The number of aromatic nitrogens is 2. The van der Waals surface area contributed by atoms with Crippen LogP contribution in [0.2, 0.25) is 0 Å². The molecule has 2 rings (SSSR count). The zero-order valence-electron chi connectivity index (χ0n) is 9.98. The maximum Gasteiger partial charge on any atom is 0.288 e. The maximum atomic E-state index is 10.9. The molecule has 9 heteroatoms. The first-order valence-corrected chi connectivity index (χ1v) is 6.07. The first-order valence-electron chi connectivity index (χ1n) is 5.26. The Morgan fingerprint density at radius 3 is 2.45 bits per heavy atom. The summed E-state index contributed by atoms with van der Waals surface area (Å²) < 4.78 is 0. The van der Waals surface area contributed by atoms with Crippen LogP contribution in [0.4, 0.5) is 17.3 Å². The van der Waals surface area contributed by atoms with E-state index in [4.69, 9.17) is 16.7 Å². The summed E-state index contributed by atoms with van der Waals surface area (Å²) in [4.78, 5) is 18.7. The van der Waals surface area contributed by atoms with Gasteiger partial charge in [-0.05, 0) is 23.9 Å². The number of anilines is 2. The lowest BCUT2D eigenvalue weighted by Crippen LogP contribution is -1.99. The van der Waals surface area contributed by atoms with Gasteiger partial charge in [-0.15, -0.1) is 0 Å². The number of nitrogen functional groups attached to an aromatic ring is 2. The van der Waals surface area contributed by atoms with Gasteiger partial charge in [0, 0.05) is 17.0 Å². The van der Waals surface area contributed by atoms with Crippen molar-refractivity contribution in [1.29, 1.82) is 5.26 Å². The average Bonchev–Trinajstić information content (AvgIpc) is 2.37. The summed E-state index contributed by atoms with van der Waals surface area (Å²) in [6, 6.07) is 7.40. The van der Waals surface area contributed by atoms with Crippen molar-refractivity contribution >= 4 is 29.1 Å². The highest BCUT2D eigenvalue weighted by Gasteiger charge is 2.15. The quantitative estimate of drug-likeness (QED) is 0.491. The molecule has 20 heavy (non-hydrogen) atoms. The monoisotopic (exact) mass is 288 g/mol. The van der Waals surface area contributed by atoms with Crippen LogP contribution in [0.3, 0.4) is 0 Å². The van der Waals surface area contributed by atoms with Crippen molar-refractivity contribution in [2.45, 2.75) is 10.1 Å². The fourth-order valence-electron chi connectivity index (χ4n) is 1.43. The van der Waals surface area contributed by atoms with Crippen LogP contribution in [0.25, 0.3) is 0 Å². The lowest BCUT2D eigenvalue weighted by Gasteiger charge is -2.03. The summed E-state index contributed by atoms with van der Waals surface area (Å²) in [5.41, 5.74) is 10.8. The maximum absolute atomic E-state index is 10.9. The molecule has 0 atom stereocenters. The third-order valence-electron chi connectivity index (χ3n) is 2.24. The van der Waals surface area contributed by atoms with E-state index in [1.165, 1.54) is 18.2 Å². The van der Waals surface area contributed by atoms with Crippen LogP contribution in [0, 0.1) is 21.4 Å². The molecule has 0 aliphatic heterocycles.